The van der Waals surface area contributed by atoms with Crippen LogP contribution in [-0.2, 0) is 11.3 Å². The van der Waals surface area contributed by atoms with Gasteiger partial charge in [0.1, 0.15) is 11.5 Å². The molecule has 2 aromatic carbocycles. The summed E-state index contributed by atoms with van der Waals surface area (Å²) >= 11 is 6.21. The van der Waals surface area contributed by atoms with Gasteiger partial charge in [0.25, 0.3) is 0 Å². The number of benzene rings is 2. The van der Waals surface area contributed by atoms with Crippen molar-refractivity contribution in [3.05, 3.63) is 52.0 Å². The third-order valence-corrected chi connectivity index (χ3v) is 3.96. The van der Waals surface area contributed by atoms with E-state index in [1.807, 2.05) is 6.07 Å². The highest BCUT2D eigenvalue weighted by atomic mass is 35.5. The summed E-state index contributed by atoms with van der Waals surface area (Å²) in [5.41, 5.74) is 4.67. The van der Waals surface area contributed by atoms with Gasteiger partial charge in [-0.3, -0.25) is 10.3 Å². The largest absolute Gasteiger partial charge is 0.496 e. The van der Waals surface area contributed by atoms with Gasteiger partial charge in [0.15, 0.2) is 0 Å². The first kappa shape index (κ1) is 18.9. The lowest BCUT2D eigenvalue weighted by molar-refractivity contribution is 0.0696. The van der Waals surface area contributed by atoms with Crippen LogP contribution in [0.1, 0.15) is 28.4 Å². The lowest BCUT2D eigenvalue weighted by atomic mass is 9.98. The summed E-state index contributed by atoms with van der Waals surface area (Å²) in [7, 11) is 3.08. The monoisotopic (exact) mass is 365 g/mol. The zero-order chi connectivity index (χ0) is 18.4. The number of ether oxygens (including phenoxy) is 2. The Morgan fingerprint density at radius 3 is 2.56 bits per heavy atom. The van der Waals surface area contributed by atoms with Gasteiger partial charge in [-0.2, -0.15) is 0 Å². The Morgan fingerprint density at radius 2 is 1.96 bits per heavy atom. The first-order valence-electron chi connectivity index (χ1n) is 7.65. The second kappa shape index (κ2) is 8.60. The molecule has 0 unspecified atom stereocenters. The second-order valence-electron chi connectivity index (χ2n) is 5.12. The molecule has 0 fully saturated rings. The minimum absolute atomic E-state index is 0.117. The quantitative estimate of drug-likeness (QED) is 0.688. The van der Waals surface area contributed by atoms with E-state index in [0.717, 1.165) is 5.56 Å². The van der Waals surface area contributed by atoms with Crippen molar-refractivity contribution in [3.63, 3.8) is 0 Å². The molecule has 0 aromatic heterocycles. The number of rotatable bonds is 8. The Labute approximate surface area is 151 Å². The van der Waals surface area contributed by atoms with Crippen molar-refractivity contribution in [2.45, 2.75) is 13.3 Å². The summed E-state index contributed by atoms with van der Waals surface area (Å²) < 4.78 is 10.8. The number of halogens is 1. The molecular weight excluding hydrogens is 346 g/mol. The van der Waals surface area contributed by atoms with Crippen molar-refractivity contribution in [1.29, 1.82) is 0 Å². The van der Waals surface area contributed by atoms with Crippen molar-refractivity contribution in [3.8, 4) is 11.5 Å². The third-order valence-electron chi connectivity index (χ3n) is 3.66. The van der Waals surface area contributed by atoms with Crippen LogP contribution in [0.25, 0.3) is 0 Å². The molecule has 0 bridgehead atoms. The number of carboxylic acid groups (broad SMARTS) is 1. The van der Waals surface area contributed by atoms with Crippen LogP contribution >= 0.6 is 11.6 Å². The van der Waals surface area contributed by atoms with E-state index in [0.29, 0.717) is 40.8 Å². The summed E-state index contributed by atoms with van der Waals surface area (Å²) in [5, 5.41) is 9.89. The van der Waals surface area contributed by atoms with E-state index in [1.165, 1.54) is 13.2 Å². The van der Waals surface area contributed by atoms with E-state index in [9.17, 15) is 9.90 Å². The molecule has 0 heterocycles. The Bertz CT molecular complexity index is 763. The van der Waals surface area contributed by atoms with E-state index in [4.69, 9.17) is 25.9 Å². The molecule has 25 heavy (non-hydrogen) atoms. The highest BCUT2D eigenvalue weighted by Gasteiger charge is 2.19. The number of carboxylic acids is 1. The SMILES string of the molecule is CCONc1c(Cc2c(OC)ccc(Cl)c2OC)cccc1C(=O)O. The molecule has 2 aromatic rings. The van der Waals surface area contributed by atoms with Crippen molar-refractivity contribution < 1.29 is 24.2 Å². The maximum Gasteiger partial charge on any atom is 0.337 e. The van der Waals surface area contributed by atoms with Crippen molar-refractivity contribution >= 4 is 23.3 Å². The number of carbonyl (C=O) groups is 1. The number of aromatic carboxylic acids is 1. The van der Waals surface area contributed by atoms with Crippen LogP contribution in [0.3, 0.4) is 0 Å². The molecule has 0 radical (unpaired) electrons. The van der Waals surface area contributed by atoms with Crippen LogP contribution in [0.15, 0.2) is 30.3 Å². The van der Waals surface area contributed by atoms with E-state index in [1.54, 1.807) is 32.2 Å². The fourth-order valence-electron chi connectivity index (χ4n) is 2.54. The van der Waals surface area contributed by atoms with Gasteiger partial charge in [-0.1, -0.05) is 23.7 Å². The molecule has 2 N–H and O–H groups in total. The Hall–Kier alpha value is -2.44. The molecule has 0 aliphatic heterocycles. The molecule has 0 aliphatic carbocycles. The summed E-state index contributed by atoms with van der Waals surface area (Å²) in [6.07, 6.45) is 0.351. The third kappa shape index (κ3) is 4.15. The molecule has 0 spiro atoms. The number of anilines is 1. The van der Waals surface area contributed by atoms with E-state index >= 15 is 0 Å². The van der Waals surface area contributed by atoms with Gasteiger partial charge < -0.3 is 14.6 Å². The number of methoxy groups -OCH3 is 2. The average molecular weight is 366 g/mol. The maximum atomic E-state index is 11.5. The lowest BCUT2D eigenvalue weighted by Gasteiger charge is -2.18. The van der Waals surface area contributed by atoms with Crippen molar-refractivity contribution in [2.75, 3.05) is 26.3 Å². The second-order valence-corrected chi connectivity index (χ2v) is 5.53. The van der Waals surface area contributed by atoms with Crippen LogP contribution in [0, 0.1) is 0 Å². The minimum Gasteiger partial charge on any atom is -0.496 e. The van der Waals surface area contributed by atoms with Crippen LogP contribution in [-0.4, -0.2) is 31.9 Å². The lowest BCUT2D eigenvalue weighted by Crippen LogP contribution is -2.10. The molecule has 134 valence electrons. The molecule has 0 atom stereocenters. The van der Waals surface area contributed by atoms with E-state index in [2.05, 4.69) is 5.48 Å². The highest BCUT2D eigenvalue weighted by molar-refractivity contribution is 6.32. The van der Waals surface area contributed by atoms with Crippen molar-refractivity contribution in [2.24, 2.45) is 0 Å². The number of para-hydroxylation sites is 1. The van der Waals surface area contributed by atoms with Gasteiger partial charge in [0, 0.05) is 12.0 Å². The van der Waals surface area contributed by atoms with Gasteiger partial charge >= 0.3 is 5.97 Å². The van der Waals surface area contributed by atoms with Gasteiger partial charge in [-0.15, -0.1) is 0 Å². The predicted octanol–water partition coefficient (Wildman–Crippen LogP) is 4.01. The van der Waals surface area contributed by atoms with Gasteiger partial charge in [0.05, 0.1) is 37.1 Å². The van der Waals surface area contributed by atoms with Crippen molar-refractivity contribution in [1.82, 2.24) is 0 Å². The van der Waals surface area contributed by atoms with Crippen LogP contribution in [0.5, 0.6) is 11.5 Å². The van der Waals surface area contributed by atoms with Crippen LogP contribution in [0.2, 0.25) is 5.02 Å². The molecule has 7 heteroatoms. The Kier molecular flexibility index (Phi) is 6.50. The topological polar surface area (TPSA) is 77.0 Å². The number of nitrogens with one attached hydrogen (secondary N) is 1. The fourth-order valence-corrected chi connectivity index (χ4v) is 2.80. The summed E-state index contributed by atoms with van der Waals surface area (Å²) in [5.74, 6) is 0.0440. The van der Waals surface area contributed by atoms with Crippen LogP contribution < -0.4 is 15.0 Å². The Morgan fingerprint density at radius 1 is 1.20 bits per heavy atom. The zero-order valence-corrected chi connectivity index (χ0v) is 15.0. The van der Waals surface area contributed by atoms with Gasteiger partial charge in [-0.25, -0.2) is 4.79 Å². The normalized spacial score (nSPS) is 10.4. The standard InChI is InChI=1S/C18H20ClNO5/c1-4-25-20-16-11(6-5-7-12(16)18(21)22)10-13-15(23-2)9-8-14(19)17(13)24-3/h5-9,20H,4,10H2,1-3H3,(H,21,22). The Balaban J connectivity index is 2.55. The van der Waals surface area contributed by atoms with E-state index in [-0.39, 0.29) is 5.56 Å². The van der Waals surface area contributed by atoms with Gasteiger partial charge in [-0.05, 0) is 30.7 Å². The molecular formula is C18H20ClNO5. The number of hydrogen-bond acceptors (Lipinski definition) is 5. The number of hydrogen-bond donors (Lipinski definition) is 2. The smallest absolute Gasteiger partial charge is 0.337 e. The molecule has 0 saturated heterocycles. The van der Waals surface area contributed by atoms with E-state index < -0.39 is 5.97 Å². The van der Waals surface area contributed by atoms with Crippen LogP contribution in [0.4, 0.5) is 5.69 Å². The maximum absolute atomic E-state index is 11.5. The summed E-state index contributed by atoms with van der Waals surface area (Å²) in [6, 6.07) is 8.44. The summed E-state index contributed by atoms with van der Waals surface area (Å²) in [6.45, 7) is 2.19. The minimum atomic E-state index is -1.05. The average Bonchev–Trinajstić information content (AvgIpc) is 2.60. The molecule has 0 saturated carbocycles. The molecule has 2 rings (SSSR count). The summed E-state index contributed by atoms with van der Waals surface area (Å²) in [4.78, 5) is 16.7. The van der Waals surface area contributed by atoms with Gasteiger partial charge in [0.2, 0.25) is 0 Å². The fraction of sp³-hybridized carbons (Fsp3) is 0.278. The molecule has 6 nitrogen and oxygen atoms in total. The predicted molar refractivity (Wildman–Crippen MR) is 96.0 cm³/mol. The first-order chi connectivity index (χ1) is 12.0. The first-order valence-corrected chi connectivity index (χ1v) is 8.03. The zero-order valence-electron chi connectivity index (χ0n) is 14.3. The molecule has 0 amide bonds. The highest BCUT2D eigenvalue weighted by Crippen LogP contribution is 2.38. The molecule has 0 aliphatic rings.